The van der Waals surface area contributed by atoms with E-state index >= 15 is 0 Å². The first-order chi connectivity index (χ1) is 6.72. The minimum absolute atomic E-state index is 0.00963. The van der Waals surface area contributed by atoms with Gasteiger partial charge in [-0.05, 0) is 19.3 Å². The SMILES string of the molecule is CNc1nc(N)n(C2CCCC2O)n1. The van der Waals surface area contributed by atoms with Gasteiger partial charge in [0.25, 0.3) is 0 Å². The number of aliphatic hydroxyl groups excluding tert-OH is 1. The van der Waals surface area contributed by atoms with Gasteiger partial charge in [-0.2, -0.15) is 4.98 Å². The highest BCUT2D eigenvalue weighted by Crippen LogP contribution is 2.31. The lowest BCUT2D eigenvalue weighted by Crippen LogP contribution is -2.21. The molecule has 1 aliphatic carbocycles. The van der Waals surface area contributed by atoms with E-state index in [2.05, 4.69) is 15.4 Å². The molecule has 1 aromatic rings. The molecule has 0 saturated heterocycles. The van der Waals surface area contributed by atoms with Crippen LogP contribution in [0.3, 0.4) is 0 Å². The molecule has 0 bridgehead atoms. The molecule has 1 fully saturated rings. The Morgan fingerprint density at radius 1 is 1.57 bits per heavy atom. The van der Waals surface area contributed by atoms with Crippen molar-refractivity contribution in [3.05, 3.63) is 0 Å². The molecular weight excluding hydrogens is 182 g/mol. The van der Waals surface area contributed by atoms with E-state index in [0.29, 0.717) is 11.9 Å². The molecule has 0 spiro atoms. The fourth-order valence-corrected chi connectivity index (χ4v) is 1.89. The van der Waals surface area contributed by atoms with Crippen LogP contribution in [0.25, 0.3) is 0 Å². The van der Waals surface area contributed by atoms with E-state index in [-0.39, 0.29) is 12.1 Å². The number of aliphatic hydroxyl groups is 1. The predicted octanol–water partition coefficient (Wildman–Crippen LogP) is -0.0121. The van der Waals surface area contributed by atoms with E-state index < -0.39 is 0 Å². The molecule has 2 rings (SSSR count). The Balaban J connectivity index is 2.26. The van der Waals surface area contributed by atoms with Crippen LogP contribution in [0.1, 0.15) is 25.3 Å². The summed E-state index contributed by atoms with van der Waals surface area (Å²) in [4.78, 5) is 4.02. The monoisotopic (exact) mass is 197 g/mol. The molecular formula is C8H15N5O. The van der Waals surface area contributed by atoms with Crippen LogP contribution < -0.4 is 11.1 Å². The van der Waals surface area contributed by atoms with Crippen molar-refractivity contribution in [2.75, 3.05) is 18.1 Å². The van der Waals surface area contributed by atoms with Gasteiger partial charge in [0.05, 0.1) is 12.1 Å². The topological polar surface area (TPSA) is 89.0 Å². The van der Waals surface area contributed by atoms with Crippen LogP contribution >= 0.6 is 0 Å². The molecule has 1 aliphatic rings. The van der Waals surface area contributed by atoms with Gasteiger partial charge < -0.3 is 16.2 Å². The van der Waals surface area contributed by atoms with Gasteiger partial charge in [0, 0.05) is 7.05 Å². The number of hydrogen-bond acceptors (Lipinski definition) is 5. The minimum Gasteiger partial charge on any atom is -0.391 e. The van der Waals surface area contributed by atoms with Gasteiger partial charge in [0.1, 0.15) is 0 Å². The normalized spacial score (nSPS) is 26.7. The Hall–Kier alpha value is -1.30. The van der Waals surface area contributed by atoms with Crippen LogP contribution in [-0.2, 0) is 0 Å². The van der Waals surface area contributed by atoms with Gasteiger partial charge in [-0.25, -0.2) is 4.68 Å². The third kappa shape index (κ3) is 1.41. The van der Waals surface area contributed by atoms with Crippen molar-refractivity contribution in [1.29, 1.82) is 0 Å². The van der Waals surface area contributed by atoms with E-state index in [1.165, 1.54) is 0 Å². The van der Waals surface area contributed by atoms with Gasteiger partial charge >= 0.3 is 0 Å². The van der Waals surface area contributed by atoms with Crippen molar-refractivity contribution in [2.45, 2.75) is 31.4 Å². The summed E-state index contributed by atoms with van der Waals surface area (Å²) in [6.07, 6.45) is 2.40. The second-order valence-corrected chi connectivity index (χ2v) is 3.55. The highest BCUT2D eigenvalue weighted by molar-refractivity contribution is 5.31. The first-order valence-electron chi connectivity index (χ1n) is 4.80. The molecule has 14 heavy (non-hydrogen) atoms. The molecule has 1 heterocycles. The standard InChI is InChI=1S/C8H15N5O/c1-10-8-11-7(9)13(12-8)5-3-2-4-6(5)14/h5-6,14H,2-4H2,1H3,(H3,9,10,11,12). The molecule has 6 heteroatoms. The Bertz CT molecular complexity index is 324. The van der Waals surface area contributed by atoms with Crippen molar-refractivity contribution >= 4 is 11.9 Å². The van der Waals surface area contributed by atoms with Crippen molar-refractivity contribution in [2.24, 2.45) is 0 Å². The molecule has 0 amide bonds. The van der Waals surface area contributed by atoms with Crippen molar-refractivity contribution in [3.8, 4) is 0 Å². The van der Waals surface area contributed by atoms with Crippen molar-refractivity contribution < 1.29 is 5.11 Å². The molecule has 1 saturated carbocycles. The molecule has 0 radical (unpaired) electrons. The van der Waals surface area contributed by atoms with Gasteiger partial charge in [0.15, 0.2) is 0 Å². The summed E-state index contributed by atoms with van der Waals surface area (Å²) in [5.74, 6) is 0.863. The number of nitrogens with two attached hydrogens (primary N) is 1. The quantitative estimate of drug-likeness (QED) is 0.620. The number of nitrogens with one attached hydrogen (secondary N) is 1. The highest BCUT2D eigenvalue weighted by atomic mass is 16.3. The first-order valence-corrected chi connectivity index (χ1v) is 4.80. The van der Waals surface area contributed by atoms with Crippen LogP contribution in [0, 0.1) is 0 Å². The number of aromatic nitrogens is 3. The summed E-state index contributed by atoms with van der Waals surface area (Å²) in [6.45, 7) is 0. The summed E-state index contributed by atoms with van der Waals surface area (Å²) < 4.78 is 1.61. The molecule has 2 atom stereocenters. The van der Waals surface area contributed by atoms with Crippen molar-refractivity contribution in [1.82, 2.24) is 14.8 Å². The number of nitrogen functional groups attached to an aromatic ring is 1. The first kappa shape index (κ1) is 9.26. The van der Waals surface area contributed by atoms with Crippen LogP contribution in [-0.4, -0.2) is 33.0 Å². The number of rotatable bonds is 2. The van der Waals surface area contributed by atoms with Gasteiger partial charge in [-0.3, -0.25) is 0 Å². The second-order valence-electron chi connectivity index (χ2n) is 3.55. The lowest BCUT2D eigenvalue weighted by atomic mass is 10.2. The molecule has 2 unspecified atom stereocenters. The van der Waals surface area contributed by atoms with E-state index in [9.17, 15) is 5.11 Å². The smallest absolute Gasteiger partial charge is 0.243 e. The van der Waals surface area contributed by atoms with Gasteiger partial charge in [-0.1, -0.05) is 0 Å². The van der Waals surface area contributed by atoms with Crippen LogP contribution in [0.4, 0.5) is 11.9 Å². The molecule has 4 N–H and O–H groups in total. The maximum Gasteiger partial charge on any atom is 0.243 e. The summed E-state index contributed by atoms with van der Waals surface area (Å²) in [6, 6.07) is -0.00963. The van der Waals surface area contributed by atoms with Crippen LogP contribution in [0.5, 0.6) is 0 Å². The Morgan fingerprint density at radius 2 is 2.36 bits per heavy atom. The lowest BCUT2D eigenvalue weighted by molar-refractivity contribution is 0.131. The number of nitrogens with zero attached hydrogens (tertiary/aromatic N) is 3. The van der Waals surface area contributed by atoms with E-state index in [0.717, 1.165) is 19.3 Å². The largest absolute Gasteiger partial charge is 0.391 e. The van der Waals surface area contributed by atoms with Crippen LogP contribution in [0.15, 0.2) is 0 Å². The molecule has 0 aromatic carbocycles. The van der Waals surface area contributed by atoms with Crippen LogP contribution in [0.2, 0.25) is 0 Å². The lowest BCUT2D eigenvalue weighted by Gasteiger charge is -2.14. The van der Waals surface area contributed by atoms with E-state index in [4.69, 9.17) is 5.73 Å². The number of anilines is 2. The van der Waals surface area contributed by atoms with Crippen molar-refractivity contribution in [3.63, 3.8) is 0 Å². The average Bonchev–Trinajstić information content (AvgIpc) is 2.72. The predicted molar refractivity (Wildman–Crippen MR) is 52.9 cm³/mol. The molecule has 1 aromatic heterocycles. The summed E-state index contributed by atoms with van der Waals surface area (Å²) in [5.41, 5.74) is 5.70. The minimum atomic E-state index is -0.344. The molecule has 0 aliphatic heterocycles. The summed E-state index contributed by atoms with van der Waals surface area (Å²) in [7, 11) is 1.74. The maximum absolute atomic E-state index is 9.68. The zero-order valence-corrected chi connectivity index (χ0v) is 8.14. The molecule has 78 valence electrons. The van der Waals surface area contributed by atoms with Gasteiger partial charge in [0.2, 0.25) is 11.9 Å². The average molecular weight is 197 g/mol. The number of hydrogen-bond donors (Lipinski definition) is 3. The maximum atomic E-state index is 9.68. The summed E-state index contributed by atoms with van der Waals surface area (Å²) in [5, 5.41) is 16.7. The zero-order chi connectivity index (χ0) is 10.1. The third-order valence-electron chi connectivity index (χ3n) is 2.64. The fourth-order valence-electron chi connectivity index (χ4n) is 1.89. The van der Waals surface area contributed by atoms with Gasteiger partial charge in [-0.15, -0.1) is 5.10 Å². The Kier molecular flexibility index (Phi) is 2.28. The Labute approximate surface area is 82.1 Å². The fraction of sp³-hybridized carbons (Fsp3) is 0.750. The highest BCUT2D eigenvalue weighted by Gasteiger charge is 2.29. The zero-order valence-electron chi connectivity index (χ0n) is 8.14. The Morgan fingerprint density at radius 3 is 2.86 bits per heavy atom. The second kappa shape index (κ2) is 3.45. The molecule has 6 nitrogen and oxygen atoms in total. The third-order valence-corrected chi connectivity index (χ3v) is 2.64. The summed E-state index contributed by atoms with van der Waals surface area (Å²) >= 11 is 0. The van der Waals surface area contributed by atoms with E-state index in [1.54, 1.807) is 11.7 Å². The van der Waals surface area contributed by atoms with E-state index in [1.807, 2.05) is 0 Å².